The molecule has 0 aliphatic carbocycles. The van der Waals surface area contributed by atoms with Crippen LogP contribution in [0.1, 0.15) is 41.6 Å². The van der Waals surface area contributed by atoms with Crippen LogP contribution in [0.2, 0.25) is 0 Å². The number of carbonyl (C=O) groups is 1. The number of esters is 1. The number of piperidine rings is 1. The van der Waals surface area contributed by atoms with E-state index in [1.165, 1.54) is 37.7 Å². The van der Waals surface area contributed by atoms with Gasteiger partial charge in [0.1, 0.15) is 4.88 Å². The van der Waals surface area contributed by atoms with Gasteiger partial charge in [0.15, 0.2) is 5.13 Å². The average molecular weight is 254 g/mol. The first-order valence-electron chi connectivity index (χ1n) is 5.96. The molecule has 0 saturated carbocycles. The summed E-state index contributed by atoms with van der Waals surface area (Å²) in [5, 5.41) is 0.954. The molecule has 1 saturated heterocycles. The van der Waals surface area contributed by atoms with Gasteiger partial charge < -0.3 is 9.64 Å². The van der Waals surface area contributed by atoms with Crippen LogP contribution in [0.3, 0.4) is 0 Å². The Kier molecular flexibility index (Phi) is 3.66. The Morgan fingerprint density at radius 2 is 2.29 bits per heavy atom. The maximum Gasteiger partial charge on any atom is 0.350 e. The molecule has 0 spiro atoms. The number of ether oxygens (including phenoxy) is 1. The molecule has 0 radical (unpaired) electrons. The van der Waals surface area contributed by atoms with Crippen molar-refractivity contribution in [3.05, 3.63) is 10.6 Å². The van der Waals surface area contributed by atoms with Crippen molar-refractivity contribution in [2.45, 2.75) is 39.2 Å². The highest BCUT2D eigenvalue weighted by Gasteiger charge is 2.24. The second kappa shape index (κ2) is 5.04. The highest BCUT2D eigenvalue weighted by atomic mass is 32.1. The number of carbonyl (C=O) groups excluding carboxylic acids is 1. The number of aryl methyl sites for hydroxylation is 1. The SMILES string of the molecule is COC(=O)c1sc(N2CCCCC2C)nc1C. The Morgan fingerprint density at radius 1 is 1.53 bits per heavy atom. The van der Waals surface area contributed by atoms with E-state index >= 15 is 0 Å². The van der Waals surface area contributed by atoms with E-state index in [1.54, 1.807) is 0 Å². The zero-order valence-electron chi connectivity index (χ0n) is 10.5. The molecular formula is C12H18N2O2S. The number of methoxy groups -OCH3 is 1. The van der Waals surface area contributed by atoms with Gasteiger partial charge in [-0.3, -0.25) is 0 Å². The predicted molar refractivity (Wildman–Crippen MR) is 68.8 cm³/mol. The van der Waals surface area contributed by atoms with Crippen LogP contribution in [0.15, 0.2) is 0 Å². The van der Waals surface area contributed by atoms with Gasteiger partial charge in [-0.15, -0.1) is 0 Å². The third kappa shape index (κ3) is 2.44. The quantitative estimate of drug-likeness (QED) is 0.761. The minimum absolute atomic E-state index is 0.282. The Bertz CT molecular complexity index is 417. The van der Waals surface area contributed by atoms with Crippen LogP contribution in [0.4, 0.5) is 5.13 Å². The molecule has 17 heavy (non-hydrogen) atoms. The smallest absolute Gasteiger partial charge is 0.350 e. The van der Waals surface area contributed by atoms with Crippen molar-refractivity contribution in [2.24, 2.45) is 0 Å². The lowest BCUT2D eigenvalue weighted by Crippen LogP contribution is -2.37. The standard InChI is InChI=1S/C12H18N2O2S/c1-8-6-4-5-7-14(8)12-13-9(2)10(17-12)11(15)16-3/h8H,4-7H2,1-3H3. The average Bonchev–Trinajstić information content (AvgIpc) is 2.71. The largest absolute Gasteiger partial charge is 0.465 e. The topological polar surface area (TPSA) is 42.4 Å². The van der Waals surface area contributed by atoms with Crippen LogP contribution in [0.25, 0.3) is 0 Å². The molecule has 2 heterocycles. The number of rotatable bonds is 2. The molecule has 1 unspecified atom stereocenters. The van der Waals surface area contributed by atoms with Crippen molar-refractivity contribution >= 4 is 22.4 Å². The second-order valence-electron chi connectivity index (χ2n) is 4.44. The number of hydrogen-bond acceptors (Lipinski definition) is 5. The maximum atomic E-state index is 11.5. The third-order valence-electron chi connectivity index (χ3n) is 3.20. The van der Waals surface area contributed by atoms with Crippen molar-refractivity contribution in [3.63, 3.8) is 0 Å². The Balaban J connectivity index is 2.24. The van der Waals surface area contributed by atoms with E-state index in [1.807, 2.05) is 6.92 Å². The van der Waals surface area contributed by atoms with Crippen molar-refractivity contribution in [2.75, 3.05) is 18.6 Å². The van der Waals surface area contributed by atoms with Crippen LogP contribution >= 0.6 is 11.3 Å². The fourth-order valence-corrected chi connectivity index (χ4v) is 3.28. The first-order chi connectivity index (χ1) is 8.13. The minimum Gasteiger partial charge on any atom is -0.465 e. The van der Waals surface area contributed by atoms with Crippen molar-refractivity contribution in [1.29, 1.82) is 0 Å². The Hall–Kier alpha value is -1.10. The van der Waals surface area contributed by atoms with E-state index in [0.29, 0.717) is 10.9 Å². The number of nitrogens with zero attached hydrogens (tertiary/aromatic N) is 2. The molecule has 1 aliphatic heterocycles. The molecule has 4 nitrogen and oxygen atoms in total. The Labute approximate surface area is 106 Å². The van der Waals surface area contributed by atoms with Gasteiger partial charge >= 0.3 is 5.97 Å². The molecule has 0 bridgehead atoms. The lowest BCUT2D eigenvalue weighted by atomic mass is 10.1. The van der Waals surface area contributed by atoms with E-state index in [-0.39, 0.29) is 5.97 Å². The van der Waals surface area contributed by atoms with Gasteiger partial charge in [0.05, 0.1) is 12.8 Å². The summed E-state index contributed by atoms with van der Waals surface area (Å²) in [5.41, 5.74) is 0.773. The molecule has 5 heteroatoms. The van der Waals surface area contributed by atoms with Crippen molar-refractivity contribution < 1.29 is 9.53 Å². The Morgan fingerprint density at radius 3 is 2.94 bits per heavy atom. The summed E-state index contributed by atoms with van der Waals surface area (Å²) in [7, 11) is 1.41. The summed E-state index contributed by atoms with van der Waals surface area (Å²) in [4.78, 5) is 19.0. The molecule has 1 fully saturated rings. The molecule has 0 N–H and O–H groups in total. The second-order valence-corrected chi connectivity index (χ2v) is 5.42. The van der Waals surface area contributed by atoms with Crippen molar-refractivity contribution in [1.82, 2.24) is 4.98 Å². The molecule has 2 rings (SSSR count). The third-order valence-corrected chi connectivity index (χ3v) is 4.38. The van der Waals surface area contributed by atoms with Gasteiger partial charge in [0.2, 0.25) is 0 Å². The molecule has 1 aliphatic rings. The lowest BCUT2D eigenvalue weighted by molar-refractivity contribution is 0.0605. The normalized spacial score (nSPS) is 20.4. The summed E-state index contributed by atoms with van der Waals surface area (Å²) in [6, 6.07) is 0.514. The monoisotopic (exact) mass is 254 g/mol. The molecule has 94 valence electrons. The van der Waals surface area contributed by atoms with E-state index in [4.69, 9.17) is 4.74 Å². The molecule has 0 amide bonds. The fraction of sp³-hybridized carbons (Fsp3) is 0.667. The van der Waals surface area contributed by atoms with Crippen molar-refractivity contribution in [3.8, 4) is 0 Å². The number of thiazole rings is 1. The van der Waals surface area contributed by atoms with Crippen LogP contribution in [-0.4, -0.2) is 30.6 Å². The van der Waals surface area contributed by atoms with E-state index in [0.717, 1.165) is 17.4 Å². The molecule has 1 atom stereocenters. The fourth-order valence-electron chi connectivity index (χ4n) is 2.17. The number of hydrogen-bond donors (Lipinski definition) is 0. The minimum atomic E-state index is -0.282. The lowest BCUT2D eigenvalue weighted by Gasteiger charge is -2.33. The number of aromatic nitrogens is 1. The zero-order chi connectivity index (χ0) is 12.4. The van der Waals surface area contributed by atoms with Gasteiger partial charge in [-0.2, -0.15) is 0 Å². The first kappa shape index (κ1) is 12.4. The zero-order valence-corrected chi connectivity index (χ0v) is 11.3. The summed E-state index contributed by atoms with van der Waals surface area (Å²) < 4.78 is 4.76. The van der Waals surface area contributed by atoms with Crippen LogP contribution < -0.4 is 4.90 Å². The maximum absolute atomic E-state index is 11.5. The molecular weight excluding hydrogens is 236 g/mol. The van der Waals surface area contributed by atoms with Gasteiger partial charge in [-0.05, 0) is 33.1 Å². The van der Waals surface area contributed by atoms with Gasteiger partial charge in [0.25, 0.3) is 0 Å². The highest BCUT2D eigenvalue weighted by molar-refractivity contribution is 7.17. The van der Waals surface area contributed by atoms with E-state index < -0.39 is 0 Å². The van der Waals surface area contributed by atoms with Gasteiger partial charge in [-0.1, -0.05) is 11.3 Å². The number of anilines is 1. The summed E-state index contributed by atoms with van der Waals surface area (Å²) >= 11 is 1.44. The van der Waals surface area contributed by atoms with E-state index in [9.17, 15) is 4.79 Å². The first-order valence-corrected chi connectivity index (χ1v) is 6.77. The van der Waals surface area contributed by atoms with Crippen LogP contribution in [0.5, 0.6) is 0 Å². The van der Waals surface area contributed by atoms with Gasteiger partial charge in [-0.25, -0.2) is 9.78 Å². The molecule has 0 aromatic carbocycles. The summed E-state index contributed by atoms with van der Waals surface area (Å²) in [6.07, 6.45) is 3.69. The van der Waals surface area contributed by atoms with Crippen LogP contribution in [0, 0.1) is 6.92 Å². The molecule has 1 aromatic heterocycles. The summed E-state index contributed by atoms with van der Waals surface area (Å²) in [5.74, 6) is -0.282. The molecule has 1 aromatic rings. The highest BCUT2D eigenvalue weighted by Crippen LogP contribution is 2.31. The summed E-state index contributed by atoms with van der Waals surface area (Å²) in [6.45, 7) is 5.11. The van der Waals surface area contributed by atoms with Gasteiger partial charge in [0, 0.05) is 12.6 Å². The predicted octanol–water partition coefficient (Wildman–Crippen LogP) is 2.62. The van der Waals surface area contributed by atoms with Crippen LogP contribution in [-0.2, 0) is 4.74 Å². The van der Waals surface area contributed by atoms with E-state index in [2.05, 4.69) is 16.8 Å².